The third-order valence-corrected chi connectivity index (χ3v) is 5.03. The summed E-state index contributed by atoms with van der Waals surface area (Å²) in [6, 6.07) is 9.10. The van der Waals surface area contributed by atoms with Gasteiger partial charge in [-0.1, -0.05) is 12.1 Å². The molecule has 104 valence electrons. The molecule has 2 fully saturated rings. The van der Waals surface area contributed by atoms with E-state index >= 15 is 0 Å². The number of benzene rings is 1. The summed E-state index contributed by atoms with van der Waals surface area (Å²) in [4.78, 5) is 2.75. The standard InChI is InChI=1S/C17H26N2/c1-12-7-8-13(2)17(9-12)19-15-5-4-6-16(19)11-14(10-15)18-3/h7-9,14-16,18H,4-6,10-11H2,1-3H3. The fraction of sp³-hybridized carbons (Fsp3) is 0.647. The zero-order valence-corrected chi connectivity index (χ0v) is 12.4. The molecule has 0 aromatic heterocycles. The molecule has 2 aliphatic rings. The highest BCUT2D eigenvalue weighted by Crippen LogP contribution is 2.39. The monoisotopic (exact) mass is 258 g/mol. The molecule has 2 heteroatoms. The largest absolute Gasteiger partial charge is 0.365 e. The lowest BCUT2D eigenvalue weighted by Crippen LogP contribution is -2.56. The van der Waals surface area contributed by atoms with Gasteiger partial charge in [0, 0.05) is 23.8 Å². The van der Waals surface area contributed by atoms with E-state index in [9.17, 15) is 0 Å². The molecular weight excluding hydrogens is 232 g/mol. The minimum absolute atomic E-state index is 0.719. The van der Waals surface area contributed by atoms with Gasteiger partial charge in [0.1, 0.15) is 0 Å². The van der Waals surface area contributed by atoms with Crippen LogP contribution in [0.1, 0.15) is 43.2 Å². The van der Waals surface area contributed by atoms with Crippen molar-refractivity contribution in [1.82, 2.24) is 5.32 Å². The Labute approximate surface area is 117 Å². The minimum atomic E-state index is 0.719. The van der Waals surface area contributed by atoms with E-state index in [1.807, 2.05) is 0 Å². The topological polar surface area (TPSA) is 15.3 Å². The summed E-state index contributed by atoms with van der Waals surface area (Å²) in [7, 11) is 2.12. The van der Waals surface area contributed by atoms with E-state index in [0.29, 0.717) is 0 Å². The average molecular weight is 258 g/mol. The zero-order chi connectivity index (χ0) is 13.4. The number of rotatable bonds is 2. The summed E-state index contributed by atoms with van der Waals surface area (Å²) in [5, 5.41) is 3.50. The quantitative estimate of drug-likeness (QED) is 0.874. The van der Waals surface area contributed by atoms with Crippen LogP contribution < -0.4 is 10.2 Å². The van der Waals surface area contributed by atoms with Gasteiger partial charge in [0.2, 0.25) is 0 Å². The maximum absolute atomic E-state index is 3.50. The normalized spacial score (nSPS) is 30.5. The number of hydrogen-bond donors (Lipinski definition) is 1. The number of aryl methyl sites for hydroxylation is 2. The smallest absolute Gasteiger partial charge is 0.0403 e. The van der Waals surface area contributed by atoms with Gasteiger partial charge in [-0.05, 0) is 70.2 Å². The highest BCUT2D eigenvalue weighted by Gasteiger charge is 2.38. The first kappa shape index (κ1) is 13.0. The van der Waals surface area contributed by atoms with Crippen LogP contribution in [0.2, 0.25) is 0 Å². The van der Waals surface area contributed by atoms with Gasteiger partial charge >= 0.3 is 0 Å². The van der Waals surface area contributed by atoms with Crippen LogP contribution in [0.4, 0.5) is 5.69 Å². The number of nitrogens with zero attached hydrogens (tertiary/aromatic N) is 1. The Bertz CT molecular complexity index is 441. The fourth-order valence-electron chi connectivity index (χ4n) is 4.01. The lowest BCUT2D eigenvalue weighted by Gasteiger charge is -2.51. The molecule has 1 N–H and O–H groups in total. The molecule has 19 heavy (non-hydrogen) atoms. The Hall–Kier alpha value is -1.02. The molecule has 3 rings (SSSR count). The summed E-state index contributed by atoms with van der Waals surface area (Å²) >= 11 is 0. The molecule has 0 aliphatic carbocycles. The maximum Gasteiger partial charge on any atom is 0.0403 e. The van der Waals surface area contributed by atoms with Gasteiger partial charge in [-0.25, -0.2) is 0 Å². The molecule has 2 atom stereocenters. The second-order valence-electron chi connectivity index (χ2n) is 6.39. The van der Waals surface area contributed by atoms with Crippen molar-refractivity contribution >= 4 is 5.69 Å². The van der Waals surface area contributed by atoms with Crippen molar-refractivity contribution in [3.63, 3.8) is 0 Å². The van der Waals surface area contributed by atoms with Crippen LogP contribution in [0.25, 0.3) is 0 Å². The molecule has 2 bridgehead atoms. The van der Waals surface area contributed by atoms with E-state index in [2.05, 4.69) is 49.3 Å². The van der Waals surface area contributed by atoms with E-state index in [-0.39, 0.29) is 0 Å². The maximum atomic E-state index is 3.50. The molecule has 1 aromatic rings. The van der Waals surface area contributed by atoms with E-state index in [1.165, 1.54) is 48.9 Å². The van der Waals surface area contributed by atoms with Crippen LogP contribution >= 0.6 is 0 Å². The first-order valence-electron chi connectivity index (χ1n) is 7.72. The van der Waals surface area contributed by atoms with Gasteiger partial charge in [0.05, 0.1) is 0 Å². The summed E-state index contributed by atoms with van der Waals surface area (Å²) in [6.07, 6.45) is 6.75. The summed E-state index contributed by atoms with van der Waals surface area (Å²) in [5.41, 5.74) is 4.31. The number of piperidine rings is 2. The average Bonchev–Trinajstić information content (AvgIpc) is 2.40. The van der Waals surface area contributed by atoms with Crippen molar-refractivity contribution in [2.24, 2.45) is 0 Å². The SMILES string of the molecule is CNC1CC2CCCC(C1)N2c1cc(C)ccc1C. The first-order valence-corrected chi connectivity index (χ1v) is 7.72. The lowest BCUT2D eigenvalue weighted by atomic mass is 9.81. The van der Waals surface area contributed by atoms with Gasteiger partial charge in [0.15, 0.2) is 0 Å². The van der Waals surface area contributed by atoms with Crippen LogP contribution in [0.15, 0.2) is 18.2 Å². The van der Waals surface area contributed by atoms with E-state index < -0.39 is 0 Å². The number of hydrogen-bond acceptors (Lipinski definition) is 2. The van der Waals surface area contributed by atoms with Crippen LogP contribution in [0.3, 0.4) is 0 Å². The third kappa shape index (κ3) is 2.38. The summed E-state index contributed by atoms with van der Waals surface area (Å²) in [6.45, 7) is 4.47. The Morgan fingerprint density at radius 2 is 1.79 bits per heavy atom. The number of anilines is 1. The van der Waals surface area contributed by atoms with Gasteiger partial charge < -0.3 is 10.2 Å². The van der Waals surface area contributed by atoms with Crippen molar-refractivity contribution in [1.29, 1.82) is 0 Å². The summed E-state index contributed by atoms with van der Waals surface area (Å²) < 4.78 is 0. The van der Waals surface area contributed by atoms with Crippen molar-refractivity contribution in [3.05, 3.63) is 29.3 Å². The second-order valence-corrected chi connectivity index (χ2v) is 6.39. The molecule has 2 saturated heterocycles. The lowest BCUT2D eigenvalue weighted by molar-refractivity contribution is 0.252. The Balaban J connectivity index is 1.93. The zero-order valence-electron chi connectivity index (χ0n) is 12.4. The second kappa shape index (κ2) is 5.16. The molecule has 0 amide bonds. The highest BCUT2D eigenvalue weighted by molar-refractivity contribution is 5.57. The molecule has 2 aliphatic heterocycles. The number of fused-ring (bicyclic) bond motifs is 2. The minimum Gasteiger partial charge on any atom is -0.365 e. The molecule has 0 radical (unpaired) electrons. The molecule has 1 aromatic carbocycles. The molecule has 2 nitrogen and oxygen atoms in total. The van der Waals surface area contributed by atoms with Gasteiger partial charge in [-0.3, -0.25) is 0 Å². The van der Waals surface area contributed by atoms with Crippen LogP contribution in [0, 0.1) is 13.8 Å². The predicted octanol–water partition coefficient (Wildman–Crippen LogP) is 3.41. The molecule has 2 heterocycles. The van der Waals surface area contributed by atoms with E-state index in [1.54, 1.807) is 0 Å². The van der Waals surface area contributed by atoms with Crippen LogP contribution in [0.5, 0.6) is 0 Å². The molecule has 0 saturated carbocycles. The molecule has 2 unspecified atom stereocenters. The predicted molar refractivity (Wildman–Crippen MR) is 81.9 cm³/mol. The van der Waals surface area contributed by atoms with Crippen molar-refractivity contribution < 1.29 is 0 Å². The van der Waals surface area contributed by atoms with Crippen LogP contribution in [-0.4, -0.2) is 25.2 Å². The number of nitrogens with one attached hydrogen (secondary N) is 1. The van der Waals surface area contributed by atoms with Crippen LogP contribution in [-0.2, 0) is 0 Å². The Kier molecular flexibility index (Phi) is 3.53. The van der Waals surface area contributed by atoms with E-state index in [4.69, 9.17) is 0 Å². The molecular formula is C17H26N2. The van der Waals surface area contributed by atoms with Crippen molar-refractivity contribution in [2.45, 2.75) is 64.1 Å². The van der Waals surface area contributed by atoms with Gasteiger partial charge in [-0.2, -0.15) is 0 Å². The highest BCUT2D eigenvalue weighted by atomic mass is 15.2. The molecule has 0 spiro atoms. The Morgan fingerprint density at radius 1 is 1.11 bits per heavy atom. The fourth-order valence-corrected chi connectivity index (χ4v) is 4.01. The summed E-state index contributed by atoms with van der Waals surface area (Å²) in [5.74, 6) is 0. The van der Waals surface area contributed by atoms with Gasteiger partial charge in [-0.15, -0.1) is 0 Å². The first-order chi connectivity index (χ1) is 9.19. The third-order valence-electron chi connectivity index (χ3n) is 5.03. The van der Waals surface area contributed by atoms with Crippen molar-refractivity contribution in [2.75, 3.05) is 11.9 Å². The van der Waals surface area contributed by atoms with Gasteiger partial charge in [0.25, 0.3) is 0 Å². The van der Waals surface area contributed by atoms with E-state index in [0.717, 1.165) is 18.1 Å². The Morgan fingerprint density at radius 3 is 2.42 bits per heavy atom. The van der Waals surface area contributed by atoms with Crippen molar-refractivity contribution in [3.8, 4) is 0 Å².